The van der Waals surface area contributed by atoms with Gasteiger partial charge >= 0.3 is 0 Å². The maximum Gasteiger partial charge on any atom is 0 e. The summed E-state index contributed by atoms with van der Waals surface area (Å²) in [6.45, 7) is 10.9. The Hall–Kier alpha value is 1.79. The number of allylic oxidation sites excluding steroid dienone is 4. The molecule has 0 saturated carbocycles. The molecule has 0 aromatic carbocycles. The van der Waals surface area contributed by atoms with Gasteiger partial charge in [-0.05, 0) is 0 Å². The SMILES string of the molecule is Br.Br.Br.CC1=[C-]C(C)(C)C(C)=C1C.[Hf]. The zero-order chi connectivity index (χ0) is 7.94. The van der Waals surface area contributed by atoms with Crippen LogP contribution in [0.25, 0.3) is 0 Å². The second kappa shape index (κ2) is 8.89. The van der Waals surface area contributed by atoms with Gasteiger partial charge in [-0.25, -0.2) is 5.57 Å². The van der Waals surface area contributed by atoms with Crippen molar-refractivity contribution in [1.29, 1.82) is 0 Å². The maximum absolute atomic E-state index is 3.44. The van der Waals surface area contributed by atoms with Gasteiger partial charge in [0.05, 0.1) is 0 Å². The Balaban J connectivity index is -0.000000125. The molecular weight excluding hydrogens is 538 g/mol. The molecule has 1 aliphatic rings. The first kappa shape index (κ1) is 24.8. The molecule has 0 N–H and O–H groups in total. The minimum Gasteiger partial charge on any atom is -0.263 e. The molecule has 1 rings (SSSR count). The van der Waals surface area contributed by atoms with Crippen molar-refractivity contribution in [2.45, 2.75) is 34.6 Å². The molecule has 84 valence electrons. The van der Waals surface area contributed by atoms with E-state index in [1.807, 2.05) is 0 Å². The van der Waals surface area contributed by atoms with E-state index in [1.54, 1.807) is 0 Å². The molecule has 0 atom stereocenters. The number of rotatable bonds is 0. The van der Waals surface area contributed by atoms with Crippen LogP contribution >= 0.6 is 50.9 Å². The topological polar surface area (TPSA) is 0 Å². The van der Waals surface area contributed by atoms with E-state index in [0.29, 0.717) is 0 Å². The monoisotopic (exact) mass is 555 g/mol. The molecule has 0 aliphatic heterocycles. The molecule has 0 radical (unpaired) electrons. The van der Waals surface area contributed by atoms with Crippen LogP contribution in [0.1, 0.15) is 34.6 Å². The van der Waals surface area contributed by atoms with E-state index in [1.165, 1.54) is 16.7 Å². The van der Waals surface area contributed by atoms with E-state index < -0.39 is 0 Å². The molecule has 0 heterocycles. The molecule has 14 heavy (non-hydrogen) atoms. The summed E-state index contributed by atoms with van der Waals surface area (Å²) >= 11 is 0. The van der Waals surface area contributed by atoms with Gasteiger partial charge in [-0.1, -0.05) is 33.1 Å². The Kier molecular flexibility index (Phi) is 15.8. The van der Waals surface area contributed by atoms with Crippen molar-refractivity contribution in [2.24, 2.45) is 5.41 Å². The second-order valence-corrected chi connectivity index (χ2v) is 3.62. The van der Waals surface area contributed by atoms with Crippen LogP contribution in [0, 0.1) is 11.5 Å². The summed E-state index contributed by atoms with van der Waals surface area (Å²) in [5.41, 5.74) is 4.39. The number of hydrogen-bond acceptors (Lipinski definition) is 0. The average Bonchev–Trinajstić information content (AvgIpc) is 1.95. The van der Waals surface area contributed by atoms with Gasteiger partial charge in [0.15, 0.2) is 0 Å². The van der Waals surface area contributed by atoms with Crippen LogP contribution in [0.2, 0.25) is 0 Å². The van der Waals surface area contributed by atoms with Gasteiger partial charge in [-0.15, -0.1) is 57.9 Å². The van der Waals surface area contributed by atoms with Gasteiger partial charge in [0.2, 0.25) is 0 Å². The van der Waals surface area contributed by atoms with Gasteiger partial charge in [0, 0.05) is 25.8 Å². The summed E-state index contributed by atoms with van der Waals surface area (Å²) in [5.74, 6) is 0. The summed E-state index contributed by atoms with van der Waals surface area (Å²) in [7, 11) is 0. The Bertz CT molecular complexity index is 230. The fraction of sp³-hybridized carbons (Fsp3) is 0.600. The summed E-state index contributed by atoms with van der Waals surface area (Å²) in [6, 6.07) is 0. The predicted molar refractivity (Wildman–Crippen MR) is 75.6 cm³/mol. The molecule has 0 aromatic heterocycles. The molecule has 0 amide bonds. The van der Waals surface area contributed by atoms with Crippen molar-refractivity contribution in [2.75, 3.05) is 0 Å². The smallest absolute Gasteiger partial charge is 0 e. The van der Waals surface area contributed by atoms with Crippen LogP contribution in [0.5, 0.6) is 0 Å². The van der Waals surface area contributed by atoms with Crippen LogP contribution < -0.4 is 0 Å². The molecule has 0 fully saturated rings. The molecule has 0 spiro atoms. The quantitative estimate of drug-likeness (QED) is 0.296. The molecule has 0 aromatic rings. The van der Waals surface area contributed by atoms with E-state index in [-0.39, 0.29) is 82.2 Å². The molecule has 1 aliphatic carbocycles. The first-order valence-electron chi connectivity index (χ1n) is 3.75. The Morgan fingerprint density at radius 1 is 0.929 bits per heavy atom. The molecule has 0 unspecified atom stereocenters. The van der Waals surface area contributed by atoms with Crippen LogP contribution in [0.15, 0.2) is 16.7 Å². The third kappa shape index (κ3) is 5.22. The Morgan fingerprint density at radius 3 is 1.36 bits per heavy atom. The van der Waals surface area contributed by atoms with Crippen LogP contribution in [0.4, 0.5) is 0 Å². The summed E-state index contributed by atoms with van der Waals surface area (Å²) in [6.07, 6.45) is 3.44. The average molecular weight is 556 g/mol. The van der Waals surface area contributed by atoms with E-state index in [2.05, 4.69) is 40.7 Å². The largest absolute Gasteiger partial charge is 0.263 e. The number of halogens is 3. The van der Waals surface area contributed by atoms with Gasteiger partial charge in [-0.2, -0.15) is 11.1 Å². The van der Waals surface area contributed by atoms with Crippen LogP contribution in [-0.2, 0) is 25.8 Å². The van der Waals surface area contributed by atoms with E-state index in [0.717, 1.165) is 0 Å². The fourth-order valence-corrected chi connectivity index (χ4v) is 1.41. The molecule has 0 bridgehead atoms. The van der Waals surface area contributed by atoms with Gasteiger partial charge in [0.25, 0.3) is 0 Å². The van der Waals surface area contributed by atoms with Crippen molar-refractivity contribution in [1.82, 2.24) is 0 Å². The molecular formula is C10H18Br3Hf-. The van der Waals surface area contributed by atoms with Crippen LogP contribution in [-0.4, -0.2) is 0 Å². The van der Waals surface area contributed by atoms with Gasteiger partial charge in [0.1, 0.15) is 0 Å². The minimum atomic E-state index is 0. The molecule has 0 saturated heterocycles. The van der Waals surface area contributed by atoms with Crippen molar-refractivity contribution < 1.29 is 25.8 Å². The van der Waals surface area contributed by atoms with E-state index in [9.17, 15) is 0 Å². The molecule has 0 nitrogen and oxygen atoms in total. The van der Waals surface area contributed by atoms with E-state index >= 15 is 0 Å². The first-order chi connectivity index (χ1) is 4.45. The third-order valence-electron chi connectivity index (χ3n) is 2.56. The zero-order valence-electron chi connectivity index (χ0n) is 9.22. The van der Waals surface area contributed by atoms with Crippen molar-refractivity contribution in [3.05, 3.63) is 22.8 Å². The number of hydrogen-bond donors (Lipinski definition) is 0. The van der Waals surface area contributed by atoms with E-state index in [4.69, 9.17) is 0 Å². The normalized spacial score (nSPS) is 16.8. The summed E-state index contributed by atoms with van der Waals surface area (Å²) in [5, 5.41) is 0. The predicted octanol–water partition coefficient (Wildman–Crippen LogP) is 4.84. The van der Waals surface area contributed by atoms with Crippen LogP contribution in [0.3, 0.4) is 0 Å². The Labute approximate surface area is 138 Å². The first-order valence-corrected chi connectivity index (χ1v) is 3.75. The zero-order valence-corrected chi connectivity index (χ0v) is 18.0. The fourth-order valence-electron chi connectivity index (χ4n) is 1.41. The standard InChI is InChI=1S/C10H15.3BrH.Hf/c1-7-6-10(4,5)9(3)8(7)2;;;;/h1-5H3;3*1H;/q-1;;;;. The summed E-state index contributed by atoms with van der Waals surface area (Å²) in [4.78, 5) is 0. The molecule has 4 heteroatoms. The third-order valence-corrected chi connectivity index (χ3v) is 2.56. The summed E-state index contributed by atoms with van der Waals surface area (Å²) < 4.78 is 0. The van der Waals surface area contributed by atoms with Gasteiger partial charge in [-0.3, -0.25) is 6.08 Å². The second-order valence-electron chi connectivity index (χ2n) is 3.62. The van der Waals surface area contributed by atoms with Crippen molar-refractivity contribution in [3.8, 4) is 0 Å². The van der Waals surface area contributed by atoms with Crippen molar-refractivity contribution >= 4 is 50.9 Å². The maximum atomic E-state index is 3.44. The Morgan fingerprint density at radius 2 is 1.29 bits per heavy atom. The van der Waals surface area contributed by atoms with Crippen molar-refractivity contribution in [3.63, 3.8) is 0 Å². The minimum absolute atomic E-state index is 0. The van der Waals surface area contributed by atoms with Gasteiger partial charge < -0.3 is 0 Å².